The molecule has 5 heteroatoms. The molecule has 1 aliphatic heterocycles. The summed E-state index contributed by atoms with van der Waals surface area (Å²) >= 11 is 0. The largest absolute Gasteiger partial charge is 0.368 e. The molecular weight excluding hydrogens is 362 g/mol. The van der Waals surface area contributed by atoms with Crippen LogP contribution in [0.15, 0.2) is 54.6 Å². The minimum absolute atomic E-state index is 0.0226. The molecule has 2 amide bonds. The predicted molar refractivity (Wildman–Crippen MR) is 116 cm³/mol. The van der Waals surface area contributed by atoms with Gasteiger partial charge in [0.25, 0.3) is 5.91 Å². The Bertz CT molecular complexity index is 908. The molecule has 0 aromatic heterocycles. The van der Waals surface area contributed by atoms with E-state index in [1.807, 2.05) is 35.2 Å². The van der Waals surface area contributed by atoms with Crippen molar-refractivity contribution >= 4 is 23.6 Å². The van der Waals surface area contributed by atoms with E-state index in [9.17, 15) is 9.59 Å². The standard InChI is InChI=1S/C24H27N3O2/c1-18-3-2-4-22(17-18)26-13-15-27(16-14-26)23(28)12-7-19-5-8-20(9-6-19)24(29)25-21-10-11-21/h2-9,12,17,21H,10-11,13-16H2,1H3,(H,25,29)/b12-7+. The number of benzene rings is 2. The fourth-order valence-corrected chi connectivity index (χ4v) is 3.52. The smallest absolute Gasteiger partial charge is 0.251 e. The minimum atomic E-state index is -0.0226. The van der Waals surface area contributed by atoms with E-state index >= 15 is 0 Å². The molecule has 1 N–H and O–H groups in total. The molecule has 0 bridgehead atoms. The van der Waals surface area contributed by atoms with E-state index in [1.54, 1.807) is 6.08 Å². The maximum Gasteiger partial charge on any atom is 0.251 e. The number of anilines is 1. The number of nitrogens with one attached hydrogen (secondary N) is 1. The van der Waals surface area contributed by atoms with Gasteiger partial charge in [-0.25, -0.2) is 0 Å². The Balaban J connectivity index is 1.29. The third-order valence-electron chi connectivity index (χ3n) is 5.46. The van der Waals surface area contributed by atoms with Crippen LogP contribution in [0.3, 0.4) is 0 Å². The van der Waals surface area contributed by atoms with E-state index in [2.05, 4.69) is 41.4 Å². The second kappa shape index (κ2) is 8.52. The average Bonchev–Trinajstić information content (AvgIpc) is 3.56. The van der Waals surface area contributed by atoms with Crippen LogP contribution < -0.4 is 10.2 Å². The zero-order valence-electron chi connectivity index (χ0n) is 16.8. The van der Waals surface area contributed by atoms with E-state index in [0.29, 0.717) is 11.6 Å². The highest BCUT2D eigenvalue weighted by molar-refractivity contribution is 5.95. The van der Waals surface area contributed by atoms with Gasteiger partial charge in [0.2, 0.25) is 5.91 Å². The van der Waals surface area contributed by atoms with Crippen molar-refractivity contribution in [3.63, 3.8) is 0 Å². The zero-order valence-corrected chi connectivity index (χ0v) is 16.8. The van der Waals surface area contributed by atoms with Crippen LogP contribution in [0.1, 0.15) is 34.3 Å². The molecule has 1 heterocycles. The third-order valence-corrected chi connectivity index (χ3v) is 5.46. The van der Waals surface area contributed by atoms with Crippen LogP contribution in [0.2, 0.25) is 0 Å². The van der Waals surface area contributed by atoms with E-state index in [0.717, 1.165) is 44.6 Å². The van der Waals surface area contributed by atoms with Crippen molar-refractivity contribution < 1.29 is 9.59 Å². The van der Waals surface area contributed by atoms with Gasteiger partial charge in [0.05, 0.1) is 0 Å². The normalized spacial score (nSPS) is 16.9. The Labute approximate surface area is 172 Å². The van der Waals surface area contributed by atoms with Crippen molar-refractivity contribution in [1.29, 1.82) is 0 Å². The van der Waals surface area contributed by atoms with Crippen LogP contribution in [0.25, 0.3) is 6.08 Å². The van der Waals surface area contributed by atoms with Crippen LogP contribution in [0.5, 0.6) is 0 Å². The number of aryl methyl sites for hydroxylation is 1. The lowest BCUT2D eigenvalue weighted by molar-refractivity contribution is -0.126. The van der Waals surface area contributed by atoms with Crippen LogP contribution in [-0.2, 0) is 4.79 Å². The number of carbonyl (C=O) groups excluding carboxylic acids is 2. The molecule has 1 aliphatic carbocycles. The van der Waals surface area contributed by atoms with Crippen LogP contribution in [0.4, 0.5) is 5.69 Å². The van der Waals surface area contributed by atoms with Gasteiger partial charge < -0.3 is 15.1 Å². The van der Waals surface area contributed by atoms with E-state index in [-0.39, 0.29) is 11.8 Å². The molecule has 0 atom stereocenters. The number of amides is 2. The van der Waals surface area contributed by atoms with Crippen molar-refractivity contribution in [1.82, 2.24) is 10.2 Å². The number of hydrogen-bond acceptors (Lipinski definition) is 3. The Morgan fingerprint density at radius 3 is 2.38 bits per heavy atom. The van der Waals surface area contributed by atoms with Crippen molar-refractivity contribution in [2.45, 2.75) is 25.8 Å². The summed E-state index contributed by atoms with van der Waals surface area (Å²) in [6.07, 6.45) is 5.60. The van der Waals surface area contributed by atoms with Gasteiger partial charge in [0, 0.05) is 49.5 Å². The quantitative estimate of drug-likeness (QED) is 0.799. The molecule has 0 unspecified atom stereocenters. The maximum absolute atomic E-state index is 12.5. The summed E-state index contributed by atoms with van der Waals surface area (Å²) in [5, 5.41) is 2.98. The zero-order chi connectivity index (χ0) is 20.2. The van der Waals surface area contributed by atoms with Crippen LogP contribution in [0, 0.1) is 6.92 Å². The van der Waals surface area contributed by atoms with Gasteiger partial charge >= 0.3 is 0 Å². The summed E-state index contributed by atoms with van der Waals surface area (Å²) in [7, 11) is 0. The summed E-state index contributed by atoms with van der Waals surface area (Å²) in [5.74, 6) is 0.00929. The van der Waals surface area contributed by atoms with Gasteiger partial charge in [-0.05, 0) is 61.2 Å². The monoisotopic (exact) mass is 389 g/mol. The Morgan fingerprint density at radius 2 is 1.72 bits per heavy atom. The predicted octanol–water partition coefficient (Wildman–Crippen LogP) is 3.25. The lowest BCUT2D eigenvalue weighted by Gasteiger charge is -2.35. The highest BCUT2D eigenvalue weighted by atomic mass is 16.2. The molecule has 29 heavy (non-hydrogen) atoms. The number of rotatable bonds is 5. The van der Waals surface area contributed by atoms with Crippen molar-refractivity contribution in [3.8, 4) is 0 Å². The van der Waals surface area contributed by atoms with Gasteiger partial charge in [0.15, 0.2) is 0 Å². The summed E-state index contributed by atoms with van der Waals surface area (Å²) < 4.78 is 0. The topological polar surface area (TPSA) is 52.7 Å². The van der Waals surface area contributed by atoms with Crippen LogP contribution in [-0.4, -0.2) is 48.9 Å². The first-order valence-corrected chi connectivity index (χ1v) is 10.3. The fraction of sp³-hybridized carbons (Fsp3) is 0.333. The first-order valence-electron chi connectivity index (χ1n) is 10.3. The molecule has 4 rings (SSSR count). The SMILES string of the molecule is Cc1cccc(N2CCN(C(=O)/C=C/c3ccc(C(=O)NC4CC4)cc3)CC2)c1. The molecule has 1 saturated carbocycles. The van der Waals surface area contributed by atoms with Gasteiger partial charge in [-0.1, -0.05) is 24.3 Å². The summed E-state index contributed by atoms with van der Waals surface area (Å²) in [4.78, 5) is 28.8. The highest BCUT2D eigenvalue weighted by Gasteiger charge is 2.23. The number of piperazine rings is 1. The molecule has 2 fully saturated rings. The number of carbonyl (C=O) groups is 2. The molecule has 2 aromatic rings. The maximum atomic E-state index is 12.5. The Hall–Kier alpha value is -3.08. The fourth-order valence-electron chi connectivity index (χ4n) is 3.52. The molecule has 5 nitrogen and oxygen atoms in total. The van der Waals surface area contributed by atoms with Crippen molar-refractivity contribution in [2.75, 3.05) is 31.1 Å². The average molecular weight is 389 g/mol. The third kappa shape index (κ3) is 5.05. The van der Waals surface area contributed by atoms with Gasteiger partial charge in [-0.2, -0.15) is 0 Å². The van der Waals surface area contributed by atoms with E-state index in [4.69, 9.17) is 0 Å². The van der Waals surface area contributed by atoms with E-state index < -0.39 is 0 Å². The number of nitrogens with zero attached hydrogens (tertiary/aromatic N) is 2. The first-order chi connectivity index (χ1) is 14.1. The summed E-state index contributed by atoms with van der Waals surface area (Å²) in [6, 6.07) is 16.2. The van der Waals surface area contributed by atoms with Crippen molar-refractivity contribution in [2.24, 2.45) is 0 Å². The lowest BCUT2D eigenvalue weighted by atomic mass is 10.1. The van der Waals surface area contributed by atoms with Crippen LogP contribution >= 0.6 is 0 Å². The Kier molecular flexibility index (Phi) is 5.65. The van der Waals surface area contributed by atoms with Gasteiger partial charge in [-0.15, -0.1) is 0 Å². The Morgan fingerprint density at radius 1 is 1.00 bits per heavy atom. The molecular formula is C24H27N3O2. The molecule has 1 saturated heterocycles. The minimum Gasteiger partial charge on any atom is -0.368 e. The summed E-state index contributed by atoms with van der Waals surface area (Å²) in [6.45, 7) is 5.22. The molecule has 150 valence electrons. The first kappa shape index (κ1) is 19.2. The second-order valence-corrected chi connectivity index (χ2v) is 7.85. The lowest BCUT2D eigenvalue weighted by Crippen LogP contribution is -2.48. The van der Waals surface area contributed by atoms with E-state index in [1.165, 1.54) is 11.3 Å². The van der Waals surface area contributed by atoms with Crippen molar-refractivity contribution in [3.05, 3.63) is 71.3 Å². The number of hydrogen-bond donors (Lipinski definition) is 1. The van der Waals surface area contributed by atoms with Gasteiger partial charge in [-0.3, -0.25) is 9.59 Å². The second-order valence-electron chi connectivity index (χ2n) is 7.85. The molecule has 0 spiro atoms. The highest BCUT2D eigenvalue weighted by Crippen LogP contribution is 2.20. The molecule has 2 aliphatic rings. The molecule has 0 radical (unpaired) electrons. The summed E-state index contributed by atoms with van der Waals surface area (Å²) in [5.41, 5.74) is 4.05. The van der Waals surface area contributed by atoms with Gasteiger partial charge in [0.1, 0.15) is 0 Å². The molecule has 2 aromatic carbocycles.